The van der Waals surface area contributed by atoms with E-state index in [0.717, 1.165) is 0 Å². The van der Waals surface area contributed by atoms with Gasteiger partial charge < -0.3 is 10.2 Å². The third kappa shape index (κ3) is 5.13. The molecule has 122 valence electrons. The van der Waals surface area contributed by atoms with Crippen molar-refractivity contribution in [3.8, 4) is 0 Å². The highest BCUT2D eigenvalue weighted by atomic mass is 19.1. The summed E-state index contributed by atoms with van der Waals surface area (Å²) in [5.41, 5.74) is 0.339. The topological polar surface area (TPSA) is 49.4 Å². The number of nitrogens with zero attached hydrogens (tertiary/aromatic N) is 1. The van der Waals surface area contributed by atoms with Crippen molar-refractivity contribution in [2.45, 2.75) is 33.7 Å². The molecule has 0 aliphatic rings. The predicted octanol–water partition coefficient (Wildman–Crippen LogP) is 2.69. The average molecular weight is 308 g/mol. The van der Waals surface area contributed by atoms with E-state index in [0.29, 0.717) is 18.0 Å². The van der Waals surface area contributed by atoms with E-state index in [1.165, 1.54) is 24.3 Å². The van der Waals surface area contributed by atoms with Gasteiger partial charge in [0.2, 0.25) is 5.91 Å². The van der Waals surface area contributed by atoms with E-state index < -0.39 is 11.9 Å². The number of likely N-dealkylation sites (N-methyl/N-ethyl adjacent to an activating group) is 1. The Hall–Kier alpha value is -1.91. The lowest BCUT2D eigenvalue weighted by Gasteiger charge is -2.28. The van der Waals surface area contributed by atoms with E-state index in [2.05, 4.69) is 5.32 Å². The van der Waals surface area contributed by atoms with Crippen LogP contribution in [0.1, 0.15) is 38.1 Å². The molecule has 0 heterocycles. The molecule has 2 amide bonds. The number of carbonyl (C=O) groups is 2. The second kappa shape index (κ2) is 7.92. The molecular weight excluding hydrogens is 283 g/mol. The molecule has 0 aliphatic heterocycles. The van der Waals surface area contributed by atoms with Crippen molar-refractivity contribution in [3.63, 3.8) is 0 Å². The maximum absolute atomic E-state index is 12.9. The Labute approximate surface area is 131 Å². The monoisotopic (exact) mass is 308 g/mol. The Balaban J connectivity index is 2.81. The standard InChI is InChI=1S/C17H25FN2O2/c1-11(2)10-20(5)17(22)15(12(3)4)19-16(21)13-6-8-14(18)9-7-13/h6-9,11-12,15H,10H2,1-5H3,(H,19,21). The third-order valence-electron chi connectivity index (χ3n) is 3.34. The number of nitrogens with one attached hydrogen (secondary N) is 1. The van der Waals surface area contributed by atoms with Crippen molar-refractivity contribution in [1.29, 1.82) is 0 Å². The number of hydrogen-bond acceptors (Lipinski definition) is 2. The van der Waals surface area contributed by atoms with Gasteiger partial charge in [0.25, 0.3) is 5.91 Å². The van der Waals surface area contributed by atoms with Crippen LogP contribution in [0.5, 0.6) is 0 Å². The summed E-state index contributed by atoms with van der Waals surface area (Å²) in [6.45, 7) is 8.47. The minimum Gasteiger partial charge on any atom is -0.344 e. The summed E-state index contributed by atoms with van der Waals surface area (Å²) >= 11 is 0. The largest absolute Gasteiger partial charge is 0.344 e. The minimum atomic E-state index is -0.596. The Kier molecular flexibility index (Phi) is 6.53. The van der Waals surface area contributed by atoms with Crippen LogP contribution in [0.25, 0.3) is 0 Å². The highest BCUT2D eigenvalue weighted by Crippen LogP contribution is 2.09. The van der Waals surface area contributed by atoms with Crippen LogP contribution in [-0.4, -0.2) is 36.3 Å². The summed E-state index contributed by atoms with van der Waals surface area (Å²) < 4.78 is 12.9. The number of halogens is 1. The van der Waals surface area contributed by atoms with Crippen molar-refractivity contribution in [3.05, 3.63) is 35.6 Å². The molecule has 1 aromatic rings. The number of hydrogen-bond donors (Lipinski definition) is 1. The lowest BCUT2D eigenvalue weighted by Crippen LogP contribution is -2.50. The molecule has 1 atom stereocenters. The van der Waals surface area contributed by atoms with Gasteiger partial charge in [0, 0.05) is 19.2 Å². The maximum atomic E-state index is 12.9. The Morgan fingerprint density at radius 2 is 1.68 bits per heavy atom. The van der Waals surface area contributed by atoms with Gasteiger partial charge >= 0.3 is 0 Å². The van der Waals surface area contributed by atoms with E-state index >= 15 is 0 Å². The van der Waals surface area contributed by atoms with Crippen LogP contribution >= 0.6 is 0 Å². The van der Waals surface area contributed by atoms with Crippen molar-refractivity contribution >= 4 is 11.8 Å². The number of amides is 2. The van der Waals surface area contributed by atoms with Crippen molar-refractivity contribution in [1.82, 2.24) is 10.2 Å². The number of rotatable bonds is 6. The molecule has 0 saturated carbocycles. The summed E-state index contributed by atoms with van der Waals surface area (Å²) in [7, 11) is 1.74. The zero-order valence-corrected chi connectivity index (χ0v) is 13.9. The first kappa shape index (κ1) is 18.1. The first-order chi connectivity index (χ1) is 10.2. The zero-order valence-electron chi connectivity index (χ0n) is 13.9. The highest BCUT2D eigenvalue weighted by molar-refractivity contribution is 5.97. The van der Waals surface area contributed by atoms with Crippen LogP contribution in [0.4, 0.5) is 4.39 Å². The van der Waals surface area contributed by atoms with Gasteiger partial charge in [0.05, 0.1) is 0 Å². The van der Waals surface area contributed by atoms with Crippen molar-refractivity contribution < 1.29 is 14.0 Å². The van der Waals surface area contributed by atoms with Gasteiger partial charge in [-0.25, -0.2) is 4.39 Å². The first-order valence-corrected chi connectivity index (χ1v) is 7.53. The minimum absolute atomic E-state index is 0.0356. The van der Waals surface area contributed by atoms with Crippen LogP contribution in [-0.2, 0) is 4.79 Å². The Morgan fingerprint density at radius 1 is 1.14 bits per heavy atom. The lowest BCUT2D eigenvalue weighted by molar-refractivity contribution is -0.133. The van der Waals surface area contributed by atoms with Gasteiger partial charge in [-0.05, 0) is 36.1 Å². The Bertz CT molecular complexity index is 512. The molecule has 0 bridgehead atoms. The Morgan fingerprint density at radius 3 is 2.14 bits per heavy atom. The zero-order chi connectivity index (χ0) is 16.9. The molecule has 0 radical (unpaired) electrons. The summed E-state index contributed by atoms with van der Waals surface area (Å²) in [5, 5.41) is 2.75. The van der Waals surface area contributed by atoms with E-state index in [-0.39, 0.29) is 17.7 Å². The molecule has 5 heteroatoms. The van der Waals surface area contributed by atoms with Gasteiger partial charge in [-0.1, -0.05) is 27.7 Å². The summed E-state index contributed by atoms with van der Waals surface area (Å²) in [6.07, 6.45) is 0. The molecule has 1 rings (SSSR count). The third-order valence-corrected chi connectivity index (χ3v) is 3.34. The summed E-state index contributed by atoms with van der Waals surface area (Å²) in [6, 6.07) is 4.67. The van der Waals surface area contributed by atoms with E-state index in [4.69, 9.17) is 0 Å². The SMILES string of the molecule is CC(C)CN(C)C(=O)C(NC(=O)c1ccc(F)cc1)C(C)C. The first-order valence-electron chi connectivity index (χ1n) is 7.53. The molecule has 0 aliphatic carbocycles. The molecule has 4 nitrogen and oxygen atoms in total. The van der Waals surface area contributed by atoms with Crippen LogP contribution in [0.2, 0.25) is 0 Å². The van der Waals surface area contributed by atoms with Gasteiger partial charge in [-0.2, -0.15) is 0 Å². The van der Waals surface area contributed by atoms with Crippen LogP contribution in [0, 0.1) is 17.7 Å². The second-order valence-corrected chi connectivity index (χ2v) is 6.31. The van der Waals surface area contributed by atoms with Crippen molar-refractivity contribution in [2.24, 2.45) is 11.8 Å². The molecule has 1 unspecified atom stereocenters. The van der Waals surface area contributed by atoms with Gasteiger partial charge in [0.15, 0.2) is 0 Å². The molecule has 0 spiro atoms. The molecule has 0 saturated heterocycles. The van der Waals surface area contributed by atoms with Gasteiger partial charge in [-0.3, -0.25) is 9.59 Å². The fourth-order valence-corrected chi connectivity index (χ4v) is 2.21. The summed E-state index contributed by atoms with van der Waals surface area (Å²) in [4.78, 5) is 26.3. The molecular formula is C17H25FN2O2. The van der Waals surface area contributed by atoms with E-state index in [1.807, 2.05) is 27.7 Å². The fraction of sp³-hybridized carbons (Fsp3) is 0.529. The molecule has 0 aromatic heterocycles. The molecule has 0 fully saturated rings. The molecule has 1 aromatic carbocycles. The predicted molar refractivity (Wildman–Crippen MR) is 85.0 cm³/mol. The fourth-order valence-electron chi connectivity index (χ4n) is 2.21. The lowest BCUT2D eigenvalue weighted by atomic mass is 10.0. The summed E-state index contributed by atoms with van der Waals surface area (Å²) in [5.74, 6) is -0.560. The van der Waals surface area contributed by atoms with Crippen molar-refractivity contribution in [2.75, 3.05) is 13.6 Å². The quantitative estimate of drug-likeness (QED) is 0.878. The molecule has 22 heavy (non-hydrogen) atoms. The smallest absolute Gasteiger partial charge is 0.251 e. The van der Waals surface area contributed by atoms with Gasteiger partial charge in [0.1, 0.15) is 11.9 Å². The van der Waals surface area contributed by atoms with Gasteiger partial charge in [-0.15, -0.1) is 0 Å². The van der Waals surface area contributed by atoms with Crippen LogP contribution in [0.15, 0.2) is 24.3 Å². The number of carbonyl (C=O) groups excluding carboxylic acids is 2. The van der Waals surface area contributed by atoms with E-state index in [9.17, 15) is 14.0 Å². The highest BCUT2D eigenvalue weighted by Gasteiger charge is 2.27. The second-order valence-electron chi connectivity index (χ2n) is 6.31. The molecule has 1 N–H and O–H groups in total. The maximum Gasteiger partial charge on any atom is 0.251 e. The normalized spacial score (nSPS) is 12.4. The van der Waals surface area contributed by atoms with E-state index in [1.54, 1.807) is 11.9 Å². The van der Waals surface area contributed by atoms with Crippen LogP contribution in [0.3, 0.4) is 0 Å². The van der Waals surface area contributed by atoms with Crippen LogP contribution < -0.4 is 5.32 Å². The number of benzene rings is 1. The average Bonchev–Trinajstić information content (AvgIpc) is 2.43.